The Bertz CT molecular complexity index is 1060. The lowest BCUT2D eigenvalue weighted by molar-refractivity contribution is 0.571. The summed E-state index contributed by atoms with van der Waals surface area (Å²) in [5.74, 6) is 0.0253. The van der Waals surface area contributed by atoms with Crippen molar-refractivity contribution in [1.82, 2.24) is 24.9 Å². The molecule has 0 saturated heterocycles. The fourth-order valence-electron chi connectivity index (χ4n) is 2.84. The van der Waals surface area contributed by atoms with Gasteiger partial charge in [-0.2, -0.15) is 4.39 Å². The van der Waals surface area contributed by atoms with Crippen LogP contribution in [0.25, 0.3) is 11.0 Å². The quantitative estimate of drug-likeness (QED) is 0.541. The van der Waals surface area contributed by atoms with Gasteiger partial charge in [0.2, 0.25) is 5.95 Å². The second-order valence-corrected chi connectivity index (χ2v) is 6.08. The molecule has 0 spiro atoms. The average molecular weight is 348 g/mol. The molecule has 6 nitrogen and oxygen atoms in total. The van der Waals surface area contributed by atoms with Crippen LogP contribution < -0.4 is 5.32 Å². The zero-order valence-corrected chi connectivity index (χ0v) is 14.2. The first-order valence-electron chi connectivity index (χ1n) is 8.25. The fraction of sp³-hybridized carbons (Fsp3) is 0.158. The van der Waals surface area contributed by atoms with E-state index >= 15 is 0 Å². The lowest BCUT2D eigenvalue weighted by Gasteiger charge is -2.09. The van der Waals surface area contributed by atoms with E-state index in [9.17, 15) is 4.39 Å². The summed E-state index contributed by atoms with van der Waals surface area (Å²) >= 11 is 0. The van der Waals surface area contributed by atoms with Crippen LogP contribution in [-0.4, -0.2) is 24.9 Å². The Balaban J connectivity index is 1.50. The smallest absolute Gasteiger partial charge is 0.218 e. The summed E-state index contributed by atoms with van der Waals surface area (Å²) in [5.41, 5.74) is 4.40. The predicted molar refractivity (Wildman–Crippen MR) is 97.2 cm³/mol. The Kier molecular flexibility index (Phi) is 4.27. The average Bonchev–Trinajstić information content (AvgIpc) is 3.06. The van der Waals surface area contributed by atoms with Gasteiger partial charge in [-0.3, -0.25) is 4.98 Å². The molecule has 0 aliphatic carbocycles. The molecule has 0 aromatic carbocycles. The summed E-state index contributed by atoms with van der Waals surface area (Å²) in [5, 5.41) is 4.04. The number of aromatic amines is 1. The number of fused-ring (bicyclic) bond motifs is 1. The third-order valence-electron chi connectivity index (χ3n) is 4.34. The molecule has 0 unspecified atom stereocenters. The van der Waals surface area contributed by atoms with Gasteiger partial charge < -0.3 is 10.3 Å². The topological polar surface area (TPSA) is 79.4 Å². The molecule has 0 amide bonds. The number of halogens is 1. The minimum Gasteiger partial charge on any atom is -0.366 e. The van der Waals surface area contributed by atoms with Crippen molar-refractivity contribution >= 4 is 16.9 Å². The molecule has 26 heavy (non-hydrogen) atoms. The van der Waals surface area contributed by atoms with E-state index in [1.807, 2.05) is 19.2 Å². The van der Waals surface area contributed by atoms with Gasteiger partial charge >= 0.3 is 0 Å². The molecule has 4 heterocycles. The third kappa shape index (κ3) is 3.23. The summed E-state index contributed by atoms with van der Waals surface area (Å²) in [6.45, 7) is 2.56. The number of H-pyrrole nitrogens is 1. The van der Waals surface area contributed by atoms with Crippen molar-refractivity contribution in [3.8, 4) is 0 Å². The second kappa shape index (κ2) is 6.87. The van der Waals surface area contributed by atoms with E-state index < -0.39 is 5.95 Å². The number of anilines is 1. The standard InChI is InChI=1S/C19H17FN6/c1-12-7-21-5-4-14(12)8-23-17-3-2-13(18(20)26-17)6-15-9-24-19-16(15)10-22-11-25-19/h2-5,7,9-11H,6,8H2,1H3,(H,23,26)(H,22,24,25). The number of pyridine rings is 2. The molecule has 0 fully saturated rings. The lowest BCUT2D eigenvalue weighted by atomic mass is 10.1. The zero-order chi connectivity index (χ0) is 17.9. The van der Waals surface area contributed by atoms with E-state index in [0.717, 1.165) is 27.7 Å². The van der Waals surface area contributed by atoms with Gasteiger partial charge in [-0.15, -0.1) is 0 Å². The van der Waals surface area contributed by atoms with Gasteiger partial charge in [-0.1, -0.05) is 6.07 Å². The van der Waals surface area contributed by atoms with Gasteiger partial charge in [0.15, 0.2) is 0 Å². The number of rotatable bonds is 5. The first-order valence-corrected chi connectivity index (χ1v) is 8.25. The summed E-state index contributed by atoms with van der Waals surface area (Å²) in [6, 6.07) is 5.49. The van der Waals surface area contributed by atoms with Gasteiger partial charge in [-0.25, -0.2) is 15.0 Å². The van der Waals surface area contributed by atoms with Crippen molar-refractivity contribution in [3.05, 3.63) is 77.5 Å². The van der Waals surface area contributed by atoms with E-state index in [1.54, 1.807) is 30.7 Å². The number of hydrogen-bond donors (Lipinski definition) is 2. The Morgan fingerprint density at radius 2 is 2.00 bits per heavy atom. The number of nitrogens with zero attached hydrogens (tertiary/aromatic N) is 4. The van der Waals surface area contributed by atoms with Gasteiger partial charge in [0.05, 0.1) is 0 Å². The van der Waals surface area contributed by atoms with Gasteiger partial charge in [-0.05, 0) is 35.7 Å². The molecule has 0 bridgehead atoms. The highest BCUT2D eigenvalue weighted by Crippen LogP contribution is 2.20. The maximum Gasteiger partial charge on any atom is 0.218 e. The molecule has 0 atom stereocenters. The molecule has 4 aromatic rings. The maximum atomic E-state index is 14.4. The number of aromatic nitrogens is 5. The largest absolute Gasteiger partial charge is 0.366 e. The van der Waals surface area contributed by atoms with E-state index in [4.69, 9.17) is 0 Å². The third-order valence-corrected chi connectivity index (χ3v) is 4.34. The van der Waals surface area contributed by atoms with Crippen molar-refractivity contribution in [3.63, 3.8) is 0 Å². The molecule has 4 aromatic heterocycles. The predicted octanol–water partition coefficient (Wildman–Crippen LogP) is 3.40. The molecule has 7 heteroatoms. The molecule has 2 N–H and O–H groups in total. The molecule has 0 aliphatic rings. The van der Waals surface area contributed by atoms with Crippen LogP contribution in [0.15, 0.2) is 49.3 Å². The van der Waals surface area contributed by atoms with E-state index in [2.05, 4.69) is 30.2 Å². The summed E-state index contributed by atoms with van der Waals surface area (Å²) in [6.07, 6.45) is 9.01. The molecular weight excluding hydrogens is 331 g/mol. The highest BCUT2D eigenvalue weighted by Gasteiger charge is 2.11. The van der Waals surface area contributed by atoms with Crippen LogP contribution >= 0.6 is 0 Å². The highest BCUT2D eigenvalue weighted by molar-refractivity contribution is 5.78. The second-order valence-electron chi connectivity index (χ2n) is 6.08. The summed E-state index contributed by atoms with van der Waals surface area (Å²) in [7, 11) is 0. The highest BCUT2D eigenvalue weighted by atomic mass is 19.1. The Labute approximate surface area is 149 Å². The van der Waals surface area contributed by atoms with Crippen LogP contribution in [-0.2, 0) is 13.0 Å². The van der Waals surface area contributed by atoms with Crippen molar-refractivity contribution in [1.29, 1.82) is 0 Å². The molecular formula is C19H17FN6. The van der Waals surface area contributed by atoms with Crippen molar-refractivity contribution in [2.45, 2.75) is 19.9 Å². The Morgan fingerprint density at radius 3 is 2.85 bits per heavy atom. The van der Waals surface area contributed by atoms with Crippen molar-refractivity contribution < 1.29 is 4.39 Å². The van der Waals surface area contributed by atoms with Crippen LogP contribution in [0.2, 0.25) is 0 Å². The summed E-state index contributed by atoms with van der Waals surface area (Å²) < 4.78 is 14.4. The van der Waals surface area contributed by atoms with Crippen LogP contribution in [0, 0.1) is 12.9 Å². The van der Waals surface area contributed by atoms with Gasteiger partial charge in [0, 0.05) is 48.7 Å². The van der Waals surface area contributed by atoms with E-state index in [-0.39, 0.29) is 0 Å². The Hall–Kier alpha value is -3.35. The molecule has 4 rings (SSSR count). The monoisotopic (exact) mass is 348 g/mol. The normalized spacial score (nSPS) is 11.0. The van der Waals surface area contributed by atoms with Crippen molar-refractivity contribution in [2.24, 2.45) is 0 Å². The van der Waals surface area contributed by atoms with Gasteiger partial charge in [0.25, 0.3) is 0 Å². The van der Waals surface area contributed by atoms with Crippen molar-refractivity contribution in [2.75, 3.05) is 5.32 Å². The molecule has 0 saturated carbocycles. The van der Waals surface area contributed by atoms with Crippen LogP contribution in [0.1, 0.15) is 22.3 Å². The Morgan fingerprint density at radius 1 is 1.08 bits per heavy atom. The van der Waals surface area contributed by atoms with Gasteiger partial charge in [0.1, 0.15) is 17.8 Å². The number of nitrogens with one attached hydrogen (secondary N) is 2. The van der Waals surface area contributed by atoms with Crippen LogP contribution in [0.3, 0.4) is 0 Å². The van der Waals surface area contributed by atoms with E-state index in [0.29, 0.717) is 24.3 Å². The van der Waals surface area contributed by atoms with Crippen LogP contribution in [0.5, 0.6) is 0 Å². The minimum atomic E-state index is -0.479. The molecule has 130 valence electrons. The number of aryl methyl sites for hydroxylation is 1. The molecule has 0 aliphatic heterocycles. The number of hydrogen-bond acceptors (Lipinski definition) is 5. The SMILES string of the molecule is Cc1cnccc1CNc1ccc(Cc2c[nH]c3ncncc23)c(F)n1. The lowest BCUT2D eigenvalue weighted by Crippen LogP contribution is -2.05. The first-order chi connectivity index (χ1) is 12.7. The summed E-state index contributed by atoms with van der Waals surface area (Å²) in [4.78, 5) is 19.4. The van der Waals surface area contributed by atoms with Crippen LogP contribution in [0.4, 0.5) is 10.2 Å². The maximum absolute atomic E-state index is 14.4. The van der Waals surface area contributed by atoms with E-state index in [1.165, 1.54) is 6.33 Å². The zero-order valence-electron chi connectivity index (χ0n) is 14.2. The minimum absolute atomic E-state index is 0.427. The molecule has 0 radical (unpaired) electrons. The fourth-order valence-corrected chi connectivity index (χ4v) is 2.84. The first kappa shape index (κ1) is 16.1.